The van der Waals surface area contributed by atoms with Gasteiger partial charge in [-0.25, -0.2) is 9.37 Å². The number of nitrogens with one attached hydrogen (secondary N) is 1. The van der Waals surface area contributed by atoms with E-state index in [0.29, 0.717) is 5.69 Å². The van der Waals surface area contributed by atoms with Gasteiger partial charge in [0.25, 0.3) is 0 Å². The van der Waals surface area contributed by atoms with Gasteiger partial charge in [0.2, 0.25) is 0 Å². The van der Waals surface area contributed by atoms with Crippen molar-refractivity contribution >= 4 is 5.69 Å². The van der Waals surface area contributed by atoms with Crippen molar-refractivity contribution < 1.29 is 4.39 Å². The zero-order valence-electron chi connectivity index (χ0n) is 10.7. The zero-order chi connectivity index (χ0) is 13.1. The van der Waals surface area contributed by atoms with Crippen molar-refractivity contribution in [2.75, 3.05) is 25.0 Å². The molecule has 0 unspecified atom stereocenters. The average Bonchev–Trinajstić information content (AvgIpc) is 2.88. The lowest BCUT2D eigenvalue weighted by atomic mass is 10.3. The highest BCUT2D eigenvalue weighted by atomic mass is 19.1. The Morgan fingerprint density at radius 3 is 3.05 bits per heavy atom. The molecule has 4 nitrogen and oxygen atoms in total. The largest absolute Gasteiger partial charge is 0.381 e. The molecule has 5 heteroatoms. The first-order chi connectivity index (χ1) is 9.33. The van der Waals surface area contributed by atoms with Crippen LogP contribution in [0, 0.1) is 5.82 Å². The van der Waals surface area contributed by atoms with Crippen LogP contribution in [-0.2, 0) is 13.1 Å². The number of halogens is 1. The number of hydrogen-bond donors (Lipinski definition) is 1. The summed E-state index contributed by atoms with van der Waals surface area (Å²) in [6.45, 7) is 4.49. The normalized spacial score (nSPS) is 15.2. The van der Waals surface area contributed by atoms with E-state index in [-0.39, 0.29) is 5.82 Å². The quantitative estimate of drug-likeness (QED) is 0.912. The molecular weight excluding hydrogens is 243 g/mol. The Balaban J connectivity index is 1.50. The number of para-hydroxylation sites is 1. The topological polar surface area (TPSA) is 33.1 Å². The molecule has 0 saturated heterocycles. The first-order valence-corrected chi connectivity index (χ1v) is 6.54. The van der Waals surface area contributed by atoms with Crippen LogP contribution in [0.5, 0.6) is 0 Å². The molecule has 0 aliphatic carbocycles. The summed E-state index contributed by atoms with van der Waals surface area (Å²) >= 11 is 0. The van der Waals surface area contributed by atoms with Crippen LogP contribution in [-0.4, -0.2) is 34.1 Å². The van der Waals surface area contributed by atoms with E-state index >= 15 is 0 Å². The molecule has 19 heavy (non-hydrogen) atoms. The summed E-state index contributed by atoms with van der Waals surface area (Å²) in [6, 6.07) is 6.77. The lowest BCUT2D eigenvalue weighted by Crippen LogP contribution is -2.36. The van der Waals surface area contributed by atoms with Crippen LogP contribution in [0.15, 0.2) is 36.7 Å². The molecule has 2 heterocycles. The maximum Gasteiger partial charge on any atom is 0.146 e. The Kier molecular flexibility index (Phi) is 3.46. The van der Waals surface area contributed by atoms with E-state index in [0.717, 1.165) is 38.5 Å². The van der Waals surface area contributed by atoms with Gasteiger partial charge in [0.05, 0.1) is 12.2 Å². The number of aromatic nitrogens is 2. The molecule has 1 N–H and O–H groups in total. The third-order valence-corrected chi connectivity index (χ3v) is 3.44. The van der Waals surface area contributed by atoms with Gasteiger partial charge >= 0.3 is 0 Å². The molecule has 3 rings (SSSR count). The lowest BCUT2D eigenvalue weighted by Gasteiger charge is -2.27. The van der Waals surface area contributed by atoms with E-state index in [2.05, 4.69) is 19.8 Å². The highest BCUT2D eigenvalue weighted by Crippen LogP contribution is 2.13. The first kappa shape index (κ1) is 12.2. The van der Waals surface area contributed by atoms with E-state index in [4.69, 9.17) is 0 Å². The molecule has 0 saturated carbocycles. The molecule has 2 aromatic rings. The van der Waals surface area contributed by atoms with Crippen molar-refractivity contribution in [1.29, 1.82) is 0 Å². The van der Waals surface area contributed by atoms with Crippen molar-refractivity contribution in [1.82, 2.24) is 14.5 Å². The fourth-order valence-electron chi connectivity index (χ4n) is 2.37. The fraction of sp³-hybridized carbons (Fsp3) is 0.357. The molecule has 1 aromatic heterocycles. The van der Waals surface area contributed by atoms with Crippen molar-refractivity contribution in [3.05, 3.63) is 48.3 Å². The molecule has 0 bridgehead atoms. The van der Waals surface area contributed by atoms with Crippen molar-refractivity contribution in [2.45, 2.75) is 13.1 Å². The van der Waals surface area contributed by atoms with Crippen LogP contribution in [0.25, 0.3) is 0 Å². The Bertz CT molecular complexity index is 552. The second-order valence-corrected chi connectivity index (χ2v) is 4.72. The summed E-state index contributed by atoms with van der Waals surface area (Å²) in [5, 5.41) is 3.13. The van der Waals surface area contributed by atoms with Gasteiger partial charge < -0.3 is 9.88 Å². The molecule has 0 amide bonds. The molecule has 1 aliphatic heterocycles. The van der Waals surface area contributed by atoms with Crippen LogP contribution in [0.1, 0.15) is 5.82 Å². The first-order valence-electron chi connectivity index (χ1n) is 6.54. The Morgan fingerprint density at radius 2 is 2.16 bits per heavy atom. The molecule has 0 radical (unpaired) electrons. The summed E-state index contributed by atoms with van der Waals surface area (Å²) < 4.78 is 15.6. The number of benzene rings is 1. The number of hydrogen-bond acceptors (Lipinski definition) is 3. The summed E-state index contributed by atoms with van der Waals surface area (Å²) in [5.41, 5.74) is 0.570. The number of nitrogens with zero attached hydrogens (tertiary/aromatic N) is 3. The third-order valence-electron chi connectivity index (χ3n) is 3.44. The van der Waals surface area contributed by atoms with Gasteiger partial charge in [0, 0.05) is 38.6 Å². The Labute approximate surface area is 111 Å². The Hall–Kier alpha value is -1.88. The van der Waals surface area contributed by atoms with Gasteiger partial charge in [0.1, 0.15) is 11.6 Å². The van der Waals surface area contributed by atoms with E-state index in [1.54, 1.807) is 12.1 Å². The molecule has 1 aliphatic rings. The highest BCUT2D eigenvalue weighted by molar-refractivity contribution is 5.44. The summed E-state index contributed by atoms with van der Waals surface area (Å²) in [6.07, 6.45) is 3.86. The number of imidazole rings is 1. The van der Waals surface area contributed by atoms with Gasteiger partial charge in [-0.05, 0) is 12.1 Å². The van der Waals surface area contributed by atoms with Crippen molar-refractivity contribution in [3.63, 3.8) is 0 Å². The summed E-state index contributed by atoms with van der Waals surface area (Å²) in [5.74, 6) is 0.911. The maximum atomic E-state index is 13.4. The van der Waals surface area contributed by atoms with Crippen LogP contribution in [0.2, 0.25) is 0 Å². The van der Waals surface area contributed by atoms with Crippen molar-refractivity contribution in [3.8, 4) is 0 Å². The maximum absolute atomic E-state index is 13.4. The third kappa shape index (κ3) is 2.76. The minimum Gasteiger partial charge on any atom is -0.381 e. The smallest absolute Gasteiger partial charge is 0.146 e. The standard InChI is InChI=1S/C14H17FN4/c15-12-3-1-2-4-13(12)16-5-7-18-9-10-19-8-6-17-14(19)11-18/h1-4,6,8,16H,5,7,9-11H2. The van der Waals surface area contributed by atoms with Gasteiger partial charge in [-0.15, -0.1) is 0 Å². The van der Waals surface area contributed by atoms with E-state index < -0.39 is 0 Å². The highest BCUT2D eigenvalue weighted by Gasteiger charge is 2.15. The van der Waals surface area contributed by atoms with Crippen LogP contribution < -0.4 is 5.32 Å². The predicted molar refractivity (Wildman–Crippen MR) is 72.4 cm³/mol. The molecule has 0 atom stereocenters. The zero-order valence-corrected chi connectivity index (χ0v) is 10.7. The van der Waals surface area contributed by atoms with Crippen LogP contribution in [0.4, 0.5) is 10.1 Å². The van der Waals surface area contributed by atoms with Crippen LogP contribution in [0.3, 0.4) is 0 Å². The lowest BCUT2D eigenvalue weighted by molar-refractivity contribution is 0.225. The second-order valence-electron chi connectivity index (χ2n) is 4.72. The summed E-state index contributed by atoms with van der Waals surface area (Å²) in [7, 11) is 0. The number of anilines is 1. The molecule has 1 aromatic carbocycles. The van der Waals surface area contributed by atoms with Gasteiger partial charge in [0.15, 0.2) is 0 Å². The van der Waals surface area contributed by atoms with E-state index in [1.807, 2.05) is 18.5 Å². The van der Waals surface area contributed by atoms with E-state index in [9.17, 15) is 4.39 Å². The molecular formula is C14H17FN4. The molecule has 0 spiro atoms. The van der Waals surface area contributed by atoms with Gasteiger partial charge in [-0.1, -0.05) is 12.1 Å². The number of rotatable bonds is 4. The SMILES string of the molecule is Fc1ccccc1NCCN1CCn2ccnc2C1. The summed E-state index contributed by atoms with van der Waals surface area (Å²) in [4.78, 5) is 6.66. The minimum atomic E-state index is -0.198. The molecule has 0 fully saturated rings. The minimum absolute atomic E-state index is 0.198. The predicted octanol–water partition coefficient (Wildman–Crippen LogP) is 1.95. The monoisotopic (exact) mass is 260 g/mol. The molecule has 100 valence electrons. The number of fused-ring (bicyclic) bond motifs is 1. The Morgan fingerprint density at radius 1 is 1.26 bits per heavy atom. The second kappa shape index (κ2) is 5.40. The van der Waals surface area contributed by atoms with Crippen LogP contribution >= 0.6 is 0 Å². The fourth-order valence-corrected chi connectivity index (χ4v) is 2.37. The van der Waals surface area contributed by atoms with E-state index in [1.165, 1.54) is 6.07 Å². The van der Waals surface area contributed by atoms with Crippen molar-refractivity contribution in [2.24, 2.45) is 0 Å². The average molecular weight is 260 g/mol. The van der Waals surface area contributed by atoms with Gasteiger partial charge in [-0.3, -0.25) is 4.90 Å². The van der Waals surface area contributed by atoms with Gasteiger partial charge in [-0.2, -0.15) is 0 Å².